The zero-order valence-electron chi connectivity index (χ0n) is 15.6. The van der Waals surface area contributed by atoms with Crippen LogP contribution in [0.5, 0.6) is 0 Å². The van der Waals surface area contributed by atoms with Crippen molar-refractivity contribution in [3.63, 3.8) is 0 Å². The van der Waals surface area contributed by atoms with Gasteiger partial charge < -0.3 is 14.2 Å². The lowest BCUT2D eigenvalue weighted by Gasteiger charge is -2.33. The fourth-order valence-corrected chi connectivity index (χ4v) is 3.84. The highest BCUT2D eigenvalue weighted by Gasteiger charge is 2.27. The maximum Gasteiger partial charge on any atom is 0.146 e. The lowest BCUT2D eigenvalue weighted by Crippen LogP contribution is -2.37. The largest absolute Gasteiger partial charge is 0.379 e. The Hall–Kier alpha value is -2.06. The van der Waals surface area contributed by atoms with Gasteiger partial charge in [-0.25, -0.2) is 9.97 Å². The van der Waals surface area contributed by atoms with Gasteiger partial charge in [0.25, 0.3) is 0 Å². The molecule has 2 aromatic rings. The Morgan fingerprint density at radius 3 is 2.81 bits per heavy atom. The topological polar surface area (TPSA) is 72.2 Å². The molecule has 0 N–H and O–H groups in total. The molecular weight excluding hydrogens is 330 g/mol. The first-order chi connectivity index (χ1) is 12.7. The third kappa shape index (κ3) is 3.71. The predicted molar refractivity (Wildman–Crippen MR) is 98.1 cm³/mol. The van der Waals surface area contributed by atoms with Crippen molar-refractivity contribution >= 4 is 5.82 Å². The van der Waals surface area contributed by atoms with Crippen LogP contribution in [-0.4, -0.2) is 69.0 Å². The number of nitrogens with zero attached hydrogens (tertiary/aromatic N) is 7. The maximum absolute atomic E-state index is 5.43. The summed E-state index contributed by atoms with van der Waals surface area (Å²) in [7, 11) is 2.10. The van der Waals surface area contributed by atoms with E-state index in [-0.39, 0.29) is 0 Å². The molecule has 26 heavy (non-hydrogen) atoms. The maximum atomic E-state index is 5.43. The summed E-state index contributed by atoms with van der Waals surface area (Å²) in [4.78, 5) is 13.4. The van der Waals surface area contributed by atoms with E-state index in [1.807, 2.05) is 6.92 Å². The highest BCUT2D eigenvalue weighted by molar-refractivity contribution is 5.39. The van der Waals surface area contributed by atoms with Gasteiger partial charge >= 0.3 is 0 Å². The van der Waals surface area contributed by atoms with Gasteiger partial charge in [0, 0.05) is 50.9 Å². The first-order valence-corrected chi connectivity index (χ1v) is 9.42. The fraction of sp³-hybridized carbons (Fsp3) is 0.667. The van der Waals surface area contributed by atoms with Crippen molar-refractivity contribution < 1.29 is 4.74 Å². The standard InChI is InChI=1S/C18H27N7O/c1-14-10-16(20-13-19-14)25-5-3-4-15(11-25)18-22-21-17(23(18)2)12-24-6-8-26-9-7-24/h10,13,15H,3-9,11-12H2,1-2H3. The van der Waals surface area contributed by atoms with Crippen molar-refractivity contribution in [1.29, 1.82) is 0 Å². The van der Waals surface area contributed by atoms with Crippen LogP contribution in [0, 0.1) is 6.92 Å². The number of aryl methyl sites for hydroxylation is 1. The second kappa shape index (κ2) is 7.67. The minimum absolute atomic E-state index is 0.384. The van der Waals surface area contributed by atoms with Crippen LogP contribution in [0.25, 0.3) is 0 Å². The Morgan fingerprint density at radius 1 is 1.15 bits per heavy atom. The monoisotopic (exact) mass is 357 g/mol. The lowest BCUT2D eigenvalue weighted by molar-refractivity contribution is 0.0326. The molecule has 8 heteroatoms. The van der Waals surface area contributed by atoms with Gasteiger partial charge in [-0.15, -0.1) is 10.2 Å². The van der Waals surface area contributed by atoms with Crippen LogP contribution in [-0.2, 0) is 18.3 Å². The Balaban J connectivity index is 1.46. The van der Waals surface area contributed by atoms with E-state index >= 15 is 0 Å². The SMILES string of the molecule is Cc1cc(N2CCCC(c3nnc(CN4CCOCC4)n3C)C2)ncn1. The van der Waals surface area contributed by atoms with Crippen molar-refractivity contribution in [3.05, 3.63) is 29.7 Å². The molecule has 0 amide bonds. The van der Waals surface area contributed by atoms with Crippen molar-refractivity contribution in [3.8, 4) is 0 Å². The fourth-order valence-electron chi connectivity index (χ4n) is 3.84. The van der Waals surface area contributed by atoms with E-state index in [1.54, 1.807) is 6.33 Å². The van der Waals surface area contributed by atoms with E-state index in [9.17, 15) is 0 Å². The highest BCUT2D eigenvalue weighted by Crippen LogP contribution is 2.28. The average Bonchev–Trinajstić information content (AvgIpc) is 3.03. The van der Waals surface area contributed by atoms with Crippen LogP contribution in [0.4, 0.5) is 5.82 Å². The Kier molecular flexibility index (Phi) is 5.12. The molecule has 8 nitrogen and oxygen atoms in total. The first-order valence-electron chi connectivity index (χ1n) is 9.42. The molecule has 1 atom stereocenters. The van der Waals surface area contributed by atoms with Gasteiger partial charge in [-0.3, -0.25) is 4.90 Å². The summed E-state index contributed by atoms with van der Waals surface area (Å²) in [5, 5.41) is 9.03. The van der Waals surface area contributed by atoms with Crippen molar-refractivity contribution in [2.45, 2.75) is 32.2 Å². The molecule has 0 aliphatic carbocycles. The number of morpholine rings is 1. The quantitative estimate of drug-likeness (QED) is 0.812. The number of hydrogen-bond acceptors (Lipinski definition) is 7. The van der Waals surface area contributed by atoms with E-state index in [2.05, 4.69) is 47.6 Å². The summed E-state index contributed by atoms with van der Waals surface area (Å²) in [6.45, 7) is 8.35. The summed E-state index contributed by atoms with van der Waals surface area (Å²) in [5.74, 6) is 3.52. The smallest absolute Gasteiger partial charge is 0.146 e. The van der Waals surface area contributed by atoms with Gasteiger partial charge in [-0.05, 0) is 19.8 Å². The summed E-state index contributed by atoms with van der Waals surface area (Å²) in [6.07, 6.45) is 3.93. The van der Waals surface area contributed by atoms with E-state index in [0.717, 1.165) is 81.9 Å². The number of anilines is 1. The minimum Gasteiger partial charge on any atom is -0.379 e. The molecule has 0 radical (unpaired) electrons. The van der Waals surface area contributed by atoms with Crippen molar-refractivity contribution in [2.75, 3.05) is 44.3 Å². The molecular formula is C18H27N7O. The number of piperidine rings is 1. The molecule has 2 fully saturated rings. The molecule has 4 rings (SSSR count). The highest BCUT2D eigenvalue weighted by atomic mass is 16.5. The van der Waals surface area contributed by atoms with E-state index in [0.29, 0.717) is 5.92 Å². The van der Waals surface area contributed by atoms with Crippen LogP contribution in [0.2, 0.25) is 0 Å². The molecule has 1 unspecified atom stereocenters. The molecule has 4 heterocycles. The van der Waals surface area contributed by atoms with Gasteiger partial charge in [-0.2, -0.15) is 0 Å². The van der Waals surface area contributed by atoms with E-state index in [4.69, 9.17) is 4.74 Å². The zero-order valence-corrected chi connectivity index (χ0v) is 15.6. The number of rotatable bonds is 4. The predicted octanol–water partition coefficient (Wildman–Crippen LogP) is 1.13. The molecule has 2 aliphatic heterocycles. The molecule has 0 aromatic carbocycles. The van der Waals surface area contributed by atoms with Crippen LogP contribution >= 0.6 is 0 Å². The zero-order chi connectivity index (χ0) is 17.9. The minimum atomic E-state index is 0.384. The molecule has 2 saturated heterocycles. The summed E-state index contributed by atoms with van der Waals surface area (Å²) < 4.78 is 7.62. The van der Waals surface area contributed by atoms with Crippen LogP contribution in [0.15, 0.2) is 12.4 Å². The first kappa shape index (κ1) is 17.4. The Labute approximate surface area is 154 Å². The van der Waals surface area contributed by atoms with Gasteiger partial charge in [-0.1, -0.05) is 0 Å². The molecule has 2 aromatic heterocycles. The Morgan fingerprint density at radius 2 is 2.00 bits per heavy atom. The van der Waals surface area contributed by atoms with Crippen LogP contribution in [0.3, 0.4) is 0 Å². The second-order valence-electron chi connectivity index (χ2n) is 7.22. The van der Waals surface area contributed by atoms with Gasteiger partial charge in [0.2, 0.25) is 0 Å². The Bertz CT molecular complexity index is 741. The third-order valence-electron chi connectivity index (χ3n) is 5.37. The molecule has 0 saturated carbocycles. The molecule has 140 valence electrons. The van der Waals surface area contributed by atoms with Gasteiger partial charge in [0.15, 0.2) is 0 Å². The van der Waals surface area contributed by atoms with E-state index < -0.39 is 0 Å². The van der Waals surface area contributed by atoms with Gasteiger partial charge in [0.1, 0.15) is 23.8 Å². The van der Waals surface area contributed by atoms with Crippen LogP contribution in [0.1, 0.15) is 36.1 Å². The van der Waals surface area contributed by atoms with Crippen molar-refractivity contribution in [2.24, 2.45) is 7.05 Å². The molecule has 0 bridgehead atoms. The number of hydrogen-bond donors (Lipinski definition) is 0. The number of ether oxygens (including phenoxy) is 1. The lowest BCUT2D eigenvalue weighted by atomic mass is 9.97. The number of aromatic nitrogens is 5. The van der Waals surface area contributed by atoms with E-state index in [1.165, 1.54) is 0 Å². The third-order valence-corrected chi connectivity index (χ3v) is 5.37. The second-order valence-corrected chi connectivity index (χ2v) is 7.22. The summed E-state index contributed by atoms with van der Waals surface area (Å²) in [5.41, 5.74) is 1.00. The average molecular weight is 357 g/mol. The summed E-state index contributed by atoms with van der Waals surface area (Å²) in [6, 6.07) is 2.06. The van der Waals surface area contributed by atoms with Crippen molar-refractivity contribution in [1.82, 2.24) is 29.6 Å². The molecule has 0 spiro atoms. The normalized spacial score (nSPS) is 21.9. The van der Waals surface area contributed by atoms with Gasteiger partial charge in [0.05, 0.1) is 19.8 Å². The van der Waals surface area contributed by atoms with Crippen LogP contribution < -0.4 is 4.90 Å². The molecule has 2 aliphatic rings. The summed E-state index contributed by atoms with van der Waals surface area (Å²) >= 11 is 0.